The standard InChI is InChI=1S/C16H18I2N/c1-19(2,11-13-7-3-5-9-15(13)17)12-14-8-4-6-10-16(14)18/h3-10H,11-12H2,1-2H3/q+1. The van der Waals surface area contributed by atoms with Crippen molar-refractivity contribution in [2.24, 2.45) is 0 Å². The monoisotopic (exact) mass is 478 g/mol. The van der Waals surface area contributed by atoms with Crippen molar-refractivity contribution in [2.45, 2.75) is 13.1 Å². The molecule has 0 unspecified atom stereocenters. The van der Waals surface area contributed by atoms with Gasteiger partial charge in [-0.25, -0.2) is 0 Å². The van der Waals surface area contributed by atoms with Gasteiger partial charge in [-0.15, -0.1) is 0 Å². The van der Waals surface area contributed by atoms with Gasteiger partial charge in [-0.05, 0) is 57.3 Å². The average molecular weight is 478 g/mol. The molecule has 0 radical (unpaired) electrons. The maximum atomic E-state index is 2.43. The largest absolute Gasteiger partial charge is 0.321 e. The molecule has 2 rings (SSSR count). The summed E-state index contributed by atoms with van der Waals surface area (Å²) in [5.41, 5.74) is 2.86. The first kappa shape index (κ1) is 15.3. The van der Waals surface area contributed by atoms with Crippen molar-refractivity contribution in [3.8, 4) is 0 Å². The van der Waals surface area contributed by atoms with Gasteiger partial charge in [0.25, 0.3) is 0 Å². The highest BCUT2D eigenvalue weighted by atomic mass is 127. The number of quaternary nitrogens is 1. The lowest BCUT2D eigenvalue weighted by molar-refractivity contribution is -0.916. The van der Waals surface area contributed by atoms with Crippen LogP contribution in [0.2, 0.25) is 0 Å². The minimum atomic E-state index is 0.972. The Morgan fingerprint density at radius 3 is 1.47 bits per heavy atom. The van der Waals surface area contributed by atoms with E-state index in [0.717, 1.165) is 17.6 Å². The van der Waals surface area contributed by atoms with Crippen molar-refractivity contribution in [2.75, 3.05) is 14.1 Å². The second kappa shape index (κ2) is 6.54. The molecule has 2 aromatic carbocycles. The number of rotatable bonds is 4. The van der Waals surface area contributed by atoms with Crippen LogP contribution in [-0.4, -0.2) is 18.6 Å². The molecule has 0 bridgehead atoms. The molecule has 0 aliphatic rings. The van der Waals surface area contributed by atoms with Crippen molar-refractivity contribution < 1.29 is 4.48 Å². The summed E-state index contributed by atoms with van der Waals surface area (Å²) in [7, 11) is 4.60. The van der Waals surface area contributed by atoms with Crippen molar-refractivity contribution >= 4 is 45.2 Å². The van der Waals surface area contributed by atoms with Gasteiger partial charge in [0.2, 0.25) is 0 Å². The van der Waals surface area contributed by atoms with Gasteiger partial charge < -0.3 is 4.48 Å². The molecule has 0 fully saturated rings. The Morgan fingerprint density at radius 2 is 1.11 bits per heavy atom. The lowest BCUT2D eigenvalue weighted by Crippen LogP contribution is -2.38. The molecular weight excluding hydrogens is 460 g/mol. The first-order chi connectivity index (χ1) is 8.98. The number of nitrogens with zero attached hydrogens (tertiary/aromatic N) is 1. The molecule has 0 heterocycles. The quantitative estimate of drug-likeness (QED) is 0.443. The van der Waals surface area contributed by atoms with Gasteiger partial charge in [-0.1, -0.05) is 36.4 Å². The Balaban J connectivity index is 2.15. The van der Waals surface area contributed by atoms with Crippen LogP contribution in [0.25, 0.3) is 0 Å². The third-order valence-corrected chi connectivity index (χ3v) is 5.22. The van der Waals surface area contributed by atoms with Crippen molar-refractivity contribution in [1.29, 1.82) is 0 Å². The zero-order chi connectivity index (χ0) is 13.9. The van der Waals surface area contributed by atoms with Crippen LogP contribution in [0.5, 0.6) is 0 Å². The molecule has 0 N–H and O–H groups in total. The van der Waals surface area contributed by atoms with Crippen LogP contribution in [0.1, 0.15) is 11.1 Å². The fourth-order valence-electron chi connectivity index (χ4n) is 2.23. The summed E-state index contributed by atoms with van der Waals surface area (Å²) < 4.78 is 3.68. The SMILES string of the molecule is C[N+](C)(Cc1ccccc1I)Cc1ccccc1I. The van der Waals surface area contributed by atoms with Crippen molar-refractivity contribution in [1.82, 2.24) is 0 Å². The molecule has 0 aliphatic heterocycles. The van der Waals surface area contributed by atoms with E-state index >= 15 is 0 Å². The van der Waals surface area contributed by atoms with Gasteiger partial charge in [0.15, 0.2) is 0 Å². The van der Waals surface area contributed by atoms with Gasteiger partial charge in [-0.3, -0.25) is 0 Å². The highest BCUT2D eigenvalue weighted by molar-refractivity contribution is 14.1. The molecule has 2 aromatic rings. The van der Waals surface area contributed by atoms with E-state index in [0.29, 0.717) is 0 Å². The third kappa shape index (κ3) is 4.43. The predicted molar refractivity (Wildman–Crippen MR) is 97.8 cm³/mol. The Kier molecular flexibility index (Phi) is 5.25. The number of hydrogen-bond donors (Lipinski definition) is 0. The van der Waals surface area contributed by atoms with Gasteiger partial charge in [0, 0.05) is 18.3 Å². The Labute approximate surface area is 142 Å². The lowest BCUT2D eigenvalue weighted by atomic mass is 10.1. The fourth-order valence-corrected chi connectivity index (χ4v) is 3.35. The van der Waals surface area contributed by atoms with Crippen LogP contribution < -0.4 is 0 Å². The molecule has 3 heteroatoms. The zero-order valence-electron chi connectivity index (χ0n) is 11.2. The zero-order valence-corrected chi connectivity index (χ0v) is 15.6. The molecule has 100 valence electrons. The van der Waals surface area contributed by atoms with Crippen LogP contribution >= 0.6 is 45.2 Å². The maximum Gasteiger partial charge on any atom is 0.105 e. The number of hydrogen-bond acceptors (Lipinski definition) is 0. The van der Waals surface area contributed by atoms with E-state index in [1.165, 1.54) is 18.3 Å². The van der Waals surface area contributed by atoms with Crippen LogP contribution in [-0.2, 0) is 13.1 Å². The fraction of sp³-hybridized carbons (Fsp3) is 0.250. The summed E-state index contributed by atoms with van der Waals surface area (Å²) in [6, 6.07) is 17.3. The molecule has 19 heavy (non-hydrogen) atoms. The highest BCUT2D eigenvalue weighted by Crippen LogP contribution is 2.21. The molecule has 0 atom stereocenters. The van der Waals surface area contributed by atoms with E-state index in [9.17, 15) is 0 Å². The van der Waals surface area contributed by atoms with E-state index in [1.54, 1.807) is 0 Å². The minimum Gasteiger partial charge on any atom is -0.321 e. The van der Waals surface area contributed by atoms with Gasteiger partial charge in [-0.2, -0.15) is 0 Å². The Hall–Kier alpha value is -0.140. The summed E-state index contributed by atoms with van der Waals surface area (Å²) in [6.07, 6.45) is 0. The number of halogens is 2. The lowest BCUT2D eigenvalue weighted by Gasteiger charge is -2.30. The molecule has 0 spiro atoms. The molecule has 0 saturated heterocycles. The summed E-state index contributed by atoms with van der Waals surface area (Å²) in [4.78, 5) is 0. The molecule has 0 aliphatic carbocycles. The van der Waals surface area contributed by atoms with Crippen LogP contribution in [0, 0.1) is 7.14 Å². The summed E-state index contributed by atoms with van der Waals surface area (Å²) >= 11 is 4.85. The second-order valence-electron chi connectivity index (χ2n) is 5.43. The smallest absolute Gasteiger partial charge is 0.105 e. The van der Waals surface area contributed by atoms with E-state index in [1.807, 2.05) is 0 Å². The average Bonchev–Trinajstić information content (AvgIpc) is 2.35. The molecule has 0 aromatic heterocycles. The highest BCUT2D eigenvalue weighted by Gasteiger charge is 2.19. The summed E-state index contributed by atoms with van der Waals surface area (Å²) in [5, 5.41) is 0. The Morgan fingerprint density at radius 1 is 0.737 bits per heavy atom. The first-order valence-electron chi connectivity index (χ1n) is 6.27. The van der Waals surface area contributed by atoms with E-state index < -0.39 is 0 Å². The third-order valence-electron chi connectivity index (χ3n) is 3.11. The molecule has 0 amide bonds. The van der Waals surface area contributed by atoms with Crippen molar-refractivity contribution in [3.63, 3.8) is 0 Å². The summed E-state index contributed by atoms with van der Waals surface area (Å²) in [6.45, 7) is 2.12. The molecule has 0 saturated carbocycles. The van der Waals surface area contributed by atoms with Gasteiger partial charge in [0.1, 0.15) is 13.1 Å². The molecular formula is C16H18I2N+. The van der Waals surface area contributed by atoms with E-state index in [-0.39, 0.29) is 0 Å². The van der Waals surface area contributed by atoms with Crippen LogP contribution in [0.15, 0.2) is 48.5 Å². The van der Waals surface area contributed by atoms with Gasteiger partial charge in [0.05, 0.1) is 14.1 Å². The molecule has 1 nitrogen and oxygen atoms in total. The Bertz CT molecular complexity index is 515. The topological polar surface area (TPSA) is 0 Å². The number of benzene rings is 2. The van der Waals surface area contributed by atoms with E-state index in [4.69, 9.17) is 0 Å². The van der Waals surface area contributed by atoms with Gasteiger partial charge >= 0.3 is 0 Å². The van der Waals surface area contributed by atoms with Crippen LogP contribution in [0.4, 0.5) is 0 Å². The predicted octanol–water partition coefficient (Wildman–Crippen LogP) is 4.67. The van der Waals surface area contributed by atoms with Crippen molar-refractivity contribution in [3.05, 3.63) is 66.8 Å². The minimum absolute atomic E-state index is 0.972. The first-order valence-corrected chi connectivity index (χ1v) is 8.42. The van der Waals surface area contributed by atoms with E-state index in [2.05, 4.69) is 108 Å². The van der Waals surface area contributed by atoms with Crippen LogP contribution in [0.3, 0.4) is 0 Å². The second-order valence-corrected chi connectivity index (χ2v) is 7.76. The maximum absolute atomic E-state index is 2.43. The summed E-state index contributed by atoms with van der Waals surface area (Å²) in [5.74, 6) is 0. The normalized spacial score (nSPS) is 11.6.